The summed E-state index contributed by atoms with van der Waals surface area (Å²) < 4.78 is 1.85. The fourth-order valence-corrected chi connectivity index (χ4v) is 5.26. The van der Waals surface area contributed by atoms with E-state index in [1.54, 1.807) is 6.33 Å². The zero-order chi connectivity index (χ0) is 24.5. The van der Waals surface area contributed by atoms with Crippen LogP contribution in [0.25, 0.3) is 5.78 Å². The maximum absolute atomic E-state index is 13.2. The standard InChI is InChI=1S/C28H32N6O/c1-18-14-19(2)25(20(3)15-18)32-26(35)23-10-12-33(13-11-23)27-24(16-22-8-6-5-7-9-22)21(4)31-28-29-17-30-34(27)28/h5-9,14-15,17,23H,10-13,16H2,1-4H3,(H,32,35). The average Bonchev–Trinajstić information content (AvgIpc) is 3.30. The van der Waals surface area contributed by atoms with Crippen LogP contribution in [0.4, 0.5) is 11.5 Å². The van der Waals surface area contributed by atoms with Crippen LogP contribution in [0, 0.1) is 33.6 Å². The number of benzene rings is 2. The Bertz CT molecular complexity index is 1350. The van der Waals surface area contributed by atoms with Crippen molar-refractivity contribution in [3.05, 3.63) is 82.3 Å². The molecule has 0 atom stereocenters. The Labute approximate surface area is 206 Å². The molecule has 0 saturated carbocycles. The van der Waals surface area contributed by atoms with Gasteiger partial charge in [0.15, 0.2) is 0 Å². The van der Waals surface area contributed by atoms with E-state index in [4.69, 9.17) is 4.98 Å². The van der Waals surface area contributed by atoms with Gasteiger partial charge in [-0.2, -0.15) is 14.6 Å². The summed E-state index contributed by atoms with van der Waals surface area (Å²) >= 11 is 0. The number of nitrogens with one attached hydrogen (secondary N) is 1. The normalized spacial score (nSPS) is 14.5. The van der Waals surface area contributed by atoms with Crippen molar-refractivity contribution in [2.75, 3.05) is 23.3 Å². The molecule has 1 amide bonds. The van der Waals surface area contributed by atoms with Crippen LogP contribution in [0.2, 0.25) is 0 Å². The molecule has 2 aromatic heterocycles. The molecule has 0 aliphatic carbocycles. The van der Waals surface area contributed by atoms with E-state index in [9.17, 15) is 4.79 Å². The molecule has 1 N–H and O–H groups in total. The SMILES string of the molecule is Cc1cc(C)c(NC(=O)C2CCN(c3c(Cc4ccccc4)c(C)nc4ncnn34)CC2)c(C)c1. The van der Waals surface area contributed by atoms with Crippen molar-refractivity contribution in [2.24, 2.45) is 5.92 Å². The highest BCUT2D eigenvalue weighted by molar-refractivity contribution is 5.94. The van der Waals surface area contributed by atoms with Crippen LogP contribution in [0.15, 0.2) is 48.8 Å². The number of aryl methyl sites for hydroxylation is 4. The number of fused-ring (bicyclic) bond motifs is 1. The summed E-state index contributed by atoms with van der Waals surface area (Å²) in [6, 6.07) is 14.7. The monoisotopic (exact) mass is 468 g/mol. The molecule has 2 aromatic carbocycles. The van der Waals surface area contributed by atoms with Crippen molar-refractivity contribution in [2.45, 2.75) is 47.0 Å². The molecule has 0 radical (unpaired) electrons. The van der Waals surface area contributed by atoms with E-state index in [-0.39, 0.29) is 11.8 Å². The van der Waals surface area contributed by atoms with E-state index >= 15 is 0 Å². The molecule has 0 unspecified atom stereocenters. The van der Waals surface area contributed by atoms with Gasteiger partial charge in [-0.1, -0.05) is 48.0 Å². The Balaban J connectivity index is 1.37. The molecule has 1 aliphatic rings. The van der Waals surface area contributed by atoms with Gasteiger partial charge in [-0.15, -0.1) is 0 Å². The number of amides is 1. The lowest BCUT2D eigenvalue weighted by Gasteiger charge is -2.34. The quantitative estimate of drug-likeness (QED) is 0.455. The number of nitrogens with zero attached hydrogens (tertiary/aromatic N) is 5. The maximum Gasteiger partial charge on any atom is 0.254 e. The molecule has 1 fully saturated rings. The van der Waals surface area contributed by atoms with Gasteiger partial charge in [0.2, 0.25) is 5.91 Å². The summed E-state index contributed by atoms with van der Waals surface area (Å²) in [5, 5.41) is 7.71. The Morgan fingerprint density at radius 1 is 1.03 bits per heavy atom. The summed E-state index contributed by atoms with van der Waals surface area (Å²) in [6.45, 7) is 9.81. The Hall–Kier alpha value is -3.74. The molecular weight excluding hydrogens is 436 g/mol. The first-order valence-corrected chi connectivity index (χ1v) is 12.3. The minimum absolute atomic E-state index is 0.0157. The fourth-order valence-electron chi connectivity index (χ4n) is 5.26. The van der Waals surface area contributed by atoms with Crippen LogP contribution in [0.3, 0.4) is 0 Å². The van der Waals surface area contributed by atoms with E-state index in [1.165, 1.54) is 11.1 Å². The topological polar surface area (TPSA) is 75.4 Å². The van der Waals surface area contributed by atoms with E-state index in [0.717, 1.165) is 66.2 Å². The summed E-state index contributed by atoms with van der Waals surface area (Å²) in [5.41, 5.74) is 7.74. The number of carbonyl (C=O) groups is 1. The van der Waals surface area contributed by atoms with Crippen LogP contribution >= 0.6 is 0 Å². The largest absolute Gasteiger partial charge is 0.356 e. The summed E-state index contributed by atoms with van der Waals surface area (Å²) in [4.78, 5) is 24.6. The van der Waals surface area contributed by atoms with Crippen molar-refractivity contribution in [1.82, 2.24) is 19.6 Å². The minimum atomic E-state index is -0.0157. The highest BCUT2D eigenvalue weighted by atomic mass is 16.1. The second-order valence-electron chi connectivity index (χ2n) is 9.66. The molecule has 0 spiro atoms. The summed E-state index contributed by atoms with van der Waals surface area (Å²) in [5.74, 6) is 1.75. The average molecular weight is 469 g/mol. The van der Waals surface area contributed by atoms with Gasteiger partial charge in [0, 0.05) is 42.4 Å². The first kappa shape index (κ1) is 23.0. The maximum atomic E-state index is 13.2. The predicted molar refractivity (Wildman–Crippen MR) is 139 cm³/mol. The van der Waals surface area contributed by atoms with Crippen LogP contribution in [0.5, 0.6) is 0 Å². The number of carbonyl (C=O) groups excluding carboxylic acids is 1. The molecule has 7 heteroatoms. The van der Waals surface area contributed by atoms with E-state index in [1.807, 2.05) is 17.5 Å². The van der Waals surface area contributed by atoms with Crippen molar-refractivity contribution >= 4 is 23.2 Å². The molecule has 7 nitrogen and oxygen atoms in total. The van der Waals surface area contributed by atoms with Crippen LogP contribution in [0.1, 0.15) is 46.4 Å². The lowest BCUT2D eigenvalue weighted by molar-refractivity contribution is -0.120. The lowest BCUT2D eigenvalue weighted by Crippen LogP contribution is -2.40. The molecule has 1 aliphatic heterocycles. The van der Waals surface area contributed by atoms with E-state index in [0.29, 0.717) is 5.78 Å². The zero-order valence-electron chi connectivity index (χ0n) is 20.9. The number of hydrogen-bond donors (Lipinski definition) is 1. The second kappa shape index (κ2) is 9.49. The number of anilines is 2. The van der Waals surface area contributed by atoms with Gasteiger partial charge >= 0.3 is 0 Å². The highest BCUT2D eigenvalue weighted by Gasteiger charge is 2.29. The Morgan fingerprint density at radius 3 is 2.40 bits per heavy atom. The zero-order valence-corrected chi connectivity index (χ0v) is 20.9. The van der Waals surface area contributed by atoms with Crippen LogP contribution in [-0.2, 0) is 11.2 Å². The van der Waals surface area contributed by atoms with Crippen molar-refractivity contribution in [3.8, 4) is 0 Å². The first-order chi connectivity index (χ1) is 16.9. The number of aromatic nitrogens is 4. The Kier molecular flexibility index (Phi) is 6.24. The molecule has 180 valence electrons. The van der Waals surface area contributed by atoms with Crippen molar-refractivity contribution in [3.63, 3.8) is 0 Å². The minimum Gasteiger partial charge on any atom is -0.356 e. The number of rotatable bonds is 5. The molecule has 5 rings (SSSR count). The summed E-state index contributed by atoms with van der Waals surface area (Å²) in [6.07, 6.45) is 3.91. The molecule has 4 aromatic rings. The third kappa shape index (κ3) is 4.63. The predicted octanol–water partition coefficient (Wildman–Crippen LogP) is 4.80. The first-order valence-electron chi connectivity index (χ1n) is 12.3. The molecule has 35 heavy (non-hydrogen) atoms. The second-order valence-corrected chi connectivity index (χ2v) is 9.66. The molecule has 0 bridgehead atoms. The van der Waals surface area contributed by atoms with Gasteiger partial charge in [0.25, 0.3) is 5.78 Å². The van der Waals surface area contributed by atoms with Crippen molar-refractivity contribution in [1.29, 1.82) is 0 Å². The van der Waals surface area contributed by atoms with E-state index < -0.39 is 0 Å². The van der Waals surface area contributed by atoms with Crippen LogP contribution in [-0.4, -0.2) is 38.6 Å². The van der Waals surface area contributed by atoms with E-state index in [2.05, 4.69) is 77.5 Å². The smallest absolute Gasteiger partial charge is 0.254 e. The van der Waals surface area contributed by atoms with Gasteiger partial charge in [-0.3, -0.25) is 4.79 Å². The number of hydrogen-bond acceptors (Lipinski definition) is 5. The van der Waals surface area contributed by atoms with Gasteiger partial charge in [0.05, 0.1) is 0 Å². The highest BCUT2D eigenvalue weighted by Crippen LogP contribution is 2.31. The van der Waals surface area contributed by atoms with Crippen LogP contribution < -0.4 is 10.2 Å². The van der Waals surface area contributed by atoms with Gasteiger partial charge in [-0.05, 0) is 57.2 Å². The fraction of sp³-hybridized carbons (Fsp3) is 0.357. The third-order valence-electron chi connectivity index (χ3n) is 7.02. The molecule has 1 saturated heterocycles. The lowest BCUT2D eigenvalue weighted by atomic mass is 9.94. The summed E-state index contributed by atoms with van der Waals surface area (Å²) in [7, 11) is 0. The Morgan fingerprint density at radius 2 is 1.71 bits per heavy atom. The van der Waals surface area contributed by atoms with Gasteiger partial charge < -0.3 is 10.2 Å². The number of piperidine rings is 1. The molecule has 3 heterocycles. The third-order valence-corrected chi connectivity index (χ3v) is 7.02. The molecular formula is C28H32N6O. The van der Waals surface area contributed by atoms with Gasteiger partial charge in [0.1, 0.15) is 12.1 Å². The van der Waals surface area contributed by atoms with Gasteiger partial charge in [-0.25, -0.2) is 4.98 Å². The van der Waals surface area contributed by atoms with Crippen molar-refractivity contribution < 1.29 is 4.79 Å².